The fraction of sp³-hybridized carbons (Fsp3) is 0.400. The minimum atomic E-state index is 0.473. The van der Waals surface area contributed by atoms with Crippen LogP contribution in [0.25, 0.3) is 0 Å². The van der Waals surface area contributed by atoms with Gasteiger partial charge in [0.15, 0.2) is 0 Å². The third-order valence-electron chi connectivity index (χ3n) is 3.88. The van der Waals surface area contributed by atoms with Gasteiger partial charge in [-0.15, -0.1) is 0 Å². The Hall–Kier alpha value is -1.61. The molecule has 2 atom stereocenters. The number of H-pyrrole nitrogens is 1. The lowest BCUT2D eigenvalue weighted by Crippen LogP contribution is -2.26. The van der Waals surface area contributed by atoms with Crippen LogP contribution in [0.4, 0.5) is 0 Å². The van der Waals surface area contributed by atoms with E-state index >= 15 is 0 Å². The number of imidazole rings is 1. The predicted octanol–water partition coefficient (Wildman–Crippen LogP) is 3.14. The highest BCUT2D eigenvalue weighted by molar-refractivity contribution is 5.34. The zero-order valence-electron chi connectivity index (χ0n) is 10.7. The second-order valence-corrected chi connectivity index (χ2v) is 5.12. The molecule has 3 nitrogen and oxygen atoms in total. The van der Waals surface area contributed by atoms with Gasteiger partial charge in [-0.05, 0) is 29.9 Å². The Bertz CT molecular complexity index is 504. The van der Waals surface area contributed by atoms with Crippen LogP contribution in [-0.4, -0.2) is 9.97 Å². The minimum Gasteiger partial charge on any atom is -0.347 e. The molecular weight excluding hydrogens is 222 g/mol. The van der Waals surface area contributed by atoms with Gasteiger partial charge in [-0.25, -0.2) is 4.98 Å². The highest BCUT2D eigenvalue weighted by atomic mass is 15.0. The molecule has 0 amide bonds. The van der Waals surface area contributed by atoms with E-state index in [0.29, 0.717) is 12.0 Å². The zero-order valence-corrected chi connectivity index (χ0v) is 10.7. The van der Waals surface area contributed by atoms with Gasteiger partial charge in [0.05, 0.1) is 6.33 Å². The number of rotatable bonds is 3. The first kappa shape index (κ1) is 11.5. The van der Waals surface area contributed by atoms with Gasteiger partial charge in [0, 0.05) is 24.5 Å². The van der Waals surface area contributed by atoms with Crippen molar-refractivity contribution in [3.05, 3.63) is 53.6 Å². The van der Waals surface area contributed by atoms with Crippen LogP contribution in [0.1, 0.15) is 48.5 Å². The molecule has 94 valence electrons. The van der Waals surface area contributed by atoms with Gasteiger partial charge < -0.3 is 10.3 Å². The van der Waals surface area contributed by atoms with Crippen molar-refractivity contribution in [2.24, 2.45) is 0 Å². The van der Waals surface area contributed by atoms with Gasteiger partial charge in [-0.1, -0.05) is 31.2 Å². The summed E-state index contributed by atoms with van der Waals surface area (Å²) in [7, 11) is 0. The minimum absolute atomic E-state index is 0.473. The largest absolute Gasteiger partial charge is 0.347 e. The fourth-order valence-electron chi connectivity index (χ4n) is 2.83. The van der Waals surface area contributed by atoms with Crippen molar-refractivity contribution >= 4 is 0 Å². The van der Waals surface area contributed by atoms with Gasteiger partial charge in [0.25, 0.3) is 0 Å². The Morgan fingerprint density at radius 1 is 1.28 bits per heavy atom. The molecule has 0 saturated carbocycles. The van der Waals surface area contributed by atoms with Crippen molar-refractivity contribution in [3.63, 3.8) is 0 Å². The SMILES string of the molecule is CC1CCC(NCc2cnc[nH]2)c2ccccc21. The summed E-state index contributed by atoms with van der Waals surface area (Å²) in [4.78, 5) is 7.18. The molecule has 1 aliphatic carbocycles. The molecule has 1 heterocycles. The number of nitrogens with zero attached hydrogens (tertiary/aromatic N) is 1. The lowest BCUT2D eigenvalue weighted by atomic mass is 9.81. The van der Waals surface area contributed by atoms with Crippen molar-refractivity contribution in [2.75, 3.05) is 0 Å². The normalized spacial score (nSPS) is 22.7. The molecule has 2 unspecified atom stereocenters. The van der Waals surface area contributed by atoms with E-state index in [-0.39, 0.29) is 0 Å². The predicted molar refractivity (Wildman–Crippen MR) is 72.3 cm³/mol. The average Bonchev–Trinajstić information content (AvgIpc) is 2.92. The highest BCUT2D eigenvalue weighted by Crippen LogP contribution is 2.36. The number of aromatic nitrogens is 2. The zero-order chi connectivity index (χ0) is 12.4. The first-order chi connectivity index (χ1) is 8.84. The van der Waals surface area contributed by atoms with E-state index in [1.807, 2.05) is 6.20 Å². The molecule has 0 radical (unpaired) electrons. The number of hydrogen-bond donors (Lipinski definition) is 2. The average molecular weight is 241 g/mol. The maximum Gasteiger partial charge on any atom is 0.0922 e. The number of nitrogens with one attached hydrogen (secondary N) is 2. The van der Waals surface area contributed by atoms with Crippen LogP contribution in [0.3, 0.4) is 0 Å². The molecular formula is C15H19N3. The summed E-state index contributed by atoms with van der Waals surface area (Å²) in [6.07, 6.45) is 6.09. The second kappa shape index (κ2) is 4.94. The van der Waals surface area contributed by atoms with Gasteiger partial charge in [0.2, 0.25) is 0 Å². The Morgan fingerprint density at radius 2 is 2.11 bits per heavy atom. The topological polar surface area (TPSA) is 40.7 Å². The first-order valence-corrected chi connectivity index (χ1v) is 6.64. The highest BCUT2D eigenvalue weighted by Gasteiger charge is 2.23. The molecule has 0 spiro atoms. The van der Waals surface area contributed by atoms with Crippen molar-refractivity contribution in [1.82, 2.24) is 15.3 Å². The summed E-state index contributed by atoms with van der Waals surface area (Å²) < 4.78 is 0. The Balaban J connectivity index is 1.76. The summed E-state index contributed by atoms with van der Waals surface area (Å²) in [6, 6.07) is 9.29. The molecule has 2 aromatic rings. The van der Waals surface area contributed by atoms with Gasteiger partial charge in [0.1, 0.15) is 0 Å². The van der Waals surface area contributed by atoms with Gasteiger partial charge >= 0.3 is 0 Å². The van der Waals surface area contributed by atoms with Crippen LogP contribution in [0, 0.1) is 0 Å². The van der Waals surface area contributed by atoms with E-state index in [4.69, 9.17) is 0 Å². The van der Waals surface area contributed by atoms with Gasteiger partial charge in [-0.3, -0.25) is 0 Å². The first-order valence-electron chi connectivity index (χ1n) is 6.64. The maximum atomic E-state index is 4.05. The third kappa shape index (κ3) is 2.18. The summed E-state index contributed by atoms with van der Waals surface area (Å²) in [5.74, 6) is 0.686. The number of fused-ring (bicyclic) bond motifs is 1. The van der Waals surface area contributed by atoms with Gasteiger partial charge in [-0.2, -0.15) is 0 Å². The van der Waals surface area contributed by atoms with Crippen molar-refractivity contribution in [3.8, 4) is 0 Å². The van der Waals surface area contributed by atoms with Crippen LogP contribution in [-0.2, 0) is 6.54 Å². The molecule has 1 aromatic carbocycles. The molecule has 1 aromatic heterocycles. The van der Waals surface area contributed by atoms with Crippen molar-refractivity contribution < 1.29 is 0 Å². The fourth-order valence-corrected chi connectivity index (χ4v) is 2.83. The molecule has 0 aliphatic heterocycles. The maximum absolute atomic E-state index is 4.05. The summed E-state index contributed by atoms with van der Waals surface area (Å²) >= 11 is 0. The van der Waals surface area contributed by atoms with Crippen molar-refractivity contribution in [1.29, 1.82) is 0 Å². The molecule has 1 aliphatic rings. The van der Waals surface area contributed by atoms with E-state index < -0.39 is 0 Å². The summed E-state index contributed by atoms with van der Waals surface area (Å²) in [5.41, 5.74) is 4.12. The molecule has 18 heavy (non-hydrogen) atoms. The summed E-state index contributed by atoms with van der Waals surface area (Å²) in [6.45, 7) is 3.18. The van der Waals surface area contributed by atoms with Crippen molar-refractivity contribution in [2.45, 2.75) is 38.3 Å². The Kier molecular flexibility index (Phi) is 3.15. The Morgan fingerprint density at radius 3 is 2.89 bits per heavy atom. The summed E-state index contributed by atoms with van der Waals surface area (Å²) in [5, 5.41) is 3.63. The van der Waals surface area contributed by atoms with Crippen LogP contribution < -0.4 is 5.32 Å². The molecule has 0 fully saturated rings. The molecule has 3 rings (SSSR count). The molecule has 3 heteroatoms. The van der Waals surface area contributed by atoms with Crippen LogP contribution in [0.2, 0.25) is 0 Å². The van der Waals surface area contributed by atoms with E-state index in [0.717, 1.165) is 12.2 Å². The lowest BCUT2D eigenvalue weighted by Gasteiger charge is -2.30. The van der Waals surface area contributed by atoms with Crippen LogP contribution >= 0.6 is 0 Å². The standard InChI is InChI=1S/C15H19N3/c1-11-6-7-15(14-5-3-2-4-13(11)14)17-9-12-8-16-10-18-12/h2-5,8,10-11,15,17H,6-7,9H2,1H3,(H,16,18). The molecule has 0 saturated heterocycles. The molecule has 0 bridgehead atoms. The number of benzene rings is 1. The number of aromatic amines is 1. The smallest absolute Gasteiger partial charge is 0.0922 e. The number of hydrogen-bond acceptors (Lipinski definition) is 2. The van der Waals surface area contributed by atoms with E-state index in [1.165, 1.54) is 24.0 Å². The second-order valence-electron chi connectivity index (χ2n) is 5.12. The monoisotopic (exact) mass is 241 g/mol. The molecule has 2 N–H and O–H groups in total. The quantitative estimate of drug-likeness (QED) is 0.866. The van der Waals surface area contributed by atoms with Crippen LogP contribution in [0.5, 0.6) is 0 Å². The Labute approximate surface area is 108 Å². The van der Waals surface area contributed by atoms with E-state index in [1.54, 1.807) is 6.33 Å². The lowest BCUT2D eigenvalue weighted by molar-refractivity contribution is 0.429. The van der Waals surface area contributed by atoms with E-state index in [2.05, 4.69) is 46.5 Å². The van der Waals surface area contributed by atoms with Crippen LogP contribution in [0.15, 0.2) is 36.8 Å². The third-order valence-corrected chi connectivity index (χ3v) is 3.88. The van der Waals surface area contributed by atoms with E-state index in [9.17, 15) is 0 Å².